The quantitative estimate of drug-likeness (QED) is 0.775. The van der Waals surface area contributed by atoms with E-state index in [9.17, 15) is 0 Å². The van der Waals surface area contributed by atoms with Gasteiger partial charge in [0, 0.05) is 12.6 Å². The standard InChI is InChI=1S/C19H25NO/c1-2-19(17-9-6-10-17)20-18-11-16(12-18)14-21-13-15-7-4-3-5-8-15/h1,3-5,7-8,16-20H,6,9-14H2/t16?,18?,19-/m1/s1. The molecule has 0 saturated heterocycles. The highest BCUT2D eigenvalue weighted by molar-refractivity contribution is 5.13. The molecule has 1 atom stereocenters. The molecule has 2 fully saturated rings. The topological polar surface area (TPSA) is 21.3 Å². The minimum absolute atomic E-state index is 0.301. The second-order valence-electron chi connectivity index (χ2n) is 6.54. The number of benzene rings is 1. The fourth-order valence-electron chi connectivity index (χ4n) is 3.27. The van der Waals surface area contributed by atoms with Gasteiger partial charge in [0.05, 0.1) is 12.6 Å². The summed E-state index contributed by atoms with van der Waals surface area (Å²) >= 11 is 0. The van der Waals surface area contributed by atoms with Crippen LogP contribution in [0, 0.1) is 24.2 Å². The second kappa shape index (κ2) is 7.11. The summed E-state index contributed by atoms with van der Waals surface area (Å²) in [6, 6.07) is 11.3. The van der Waals surface area contributed by atoms with Crippen LogP contribution >= 0.6 is 0 Å². The summed E-state index contributed by atoms with van der Waals surface area (Å²) in [5, 5.41) is 3.65. The van der Waals surface area contributed by atoms with Gasteiger partial charge in [-0.2, -0.15) is 0 Å². The van der Waals surface area contributed by atoms with Crippen LogP contribution in [0.3, 0.4) is 0 Å². The molecule has 2 aliphatic carbocycles. The van der Waals surface area contributed by atoms with Crippen LogP contribution in [0.15, 0.2) is 30.3 Å². The van der Waals surface area contributed by atoms with Crippen molar-refractivity contribution in [2.45, 2.75) is 50.8 Å². The lowest BCUT2D eigenvalue weighted by Gasteiger charge is -2.40. The van der Waals surface area contributed by atoms with E-state index >= 15 is 0 Å². The van der Waals surface area contributed by atoms with Crippen LogP contribution < -0.4 is 5.32 Å². The van der Waals surface area contributed by atoms with E-state index in [0.29, 0.717) is 18.0 Å². The van der Waals surface area contributed by atoms with Crippen LogP contribution in [-0.2, 0) is 11.3 Å². The molecule has 2 saturated carbocycles. The van der Waals surface area contributed by atoms with Gasteiger partial charge in [-0.25, -0.2) is 0 Å². The third-order valence-corrected chi connectivity index (χ3v) is 4.92. The van der Waals surface area contributed by atoms with E-state index in [2.05, 4.69) is 35.5 Å². The molecule has 1 aromatic carbocycles. The highest BCUT2D eigenvalue weighted by Crippen LogP contribution is 2.33. The van der Waals surface area contributed by atoms with Crippen molar-refractivity contribution in [3.8, 4) is 12.3 Å². The van der Waals surface area contributed by atoms with Crippen LogP contribution in [0.4, 0.5) is 0 Å². The van der Waals surface area contributed by atoms with Crippen LogP contribution in [0.1, 0.15) is 37.7 Å². The fraction of sp³-hybridized carbons (Fsp3) is 0.579. The van der Waals surface area contributed by atoms with Crippen molar-refractivity contribution in [2.75, 3.05) is 6.61 Å². The van der Waals surface area contributed by atoms with E-state index in [1.54, 1.807) is 0 Å². The van der Waals surface area contributed by atoms with Crippen molar-refractivity contribution in [1.29, 1.82) is 0 Å². The first-order chi connectivity index (χ1) is 10.3. The van der Waals surface area contributed by atoms with E-state index in [1.807, 2.05) is 6.07 Å². The predicted octanol–water partition coefficient (Wildman–Crippen LogP) is 3.37. The maximum Gasteiger partial charge on any atom is 0.0717 e. The number of rotatable bonds is 7. The molecule has 0 aliphatic heterocycles. The molecule has 0 bridgehead atoms. The van der Waals surface area contributed by atoms with Gasteiger partial charge >= 0.3 is 0 Å². The van der Waals surface area contributed by atoms with Crippen molar-refractivity contribution in [3.05, 3.63) is 35.9 Å². The van der Waals surface area contributed by atoms with Gasteiger partial charge in [0.25, 0.3) is 0 Å². The Bertz CT molecular complexity index is 468. The molecule has 0 radical (unpaired) electrons. The average molecular weight is 283 g/mol. The summed E-state index contributed by atoms with van der Waals surface area (Å²) in [5.74, 6) is 4.37. The SMILES string of the molecule is C#C[C@@H](NC1CC(COCc2ccccc2)C1)C1CCC1. The molecule has 0 unspecified atom stereocenters. The Morgan fingerprint density at radius 2 is 2.00 bits per heavy atom. The Morgan fingerprint density at radius 3 is 2.62 bits per heavy atom. The number of hydrogen-bond donors (Lipinski definition) is 1. The van der Waals surface area contributed by atoms with Gasteiger partial charge in [0.15, 0.2) is 0 Å². The summed E-state index contributed by atoms with van der Waals surface area (Å²) in [6.07, 6.45) is 12.0. The molecule has 2 heteroatoms. The Morgan fingerprint density at radius 1 is 1.24 bits per heavy atom. The summed E-state index contributed by atoms with van der Waals surface area (Å²) in [4.78, 5) is 0. The number of hydrogen-bond acceptors (Lipinski definition) is 2. The van der Waals surface area contributed by atoms with Crippen LogP contribution in [0.25, 0.3) is 0 Å². The van der Waals surface area contributed by atoms with Gasteiger partial charge in [0.2, 0.25) is 0 Å². The molecule has 2 aliphatic rings. The average Bonchev–Trinajstić information content (AvgIpc) is 2.42. The number of nitrogens with one attached hydrogen (secondary N) is 1. The molecular weight excluding hydrogens is 258 g/mol. The number of ether oxygens (including phenoxy) is 1. The van der Waals surface area contributed by atoms with Crippen molar-refractivity contribution >= 4 is 0 Å². The fourth-order valence-corrected chi connectivity index (χ4v) is 3.27. The van der Waals surface area contributed by atoms with Gasteiger partial charge in [0.1, 0.15) is 0 Å². The highest BCUT2D eigenvalue weighted by atomic mass is 16.5. The van der Waals surface area contributed by atoms with Crippen molar-refractivity contribution in [2.24, 2.45) is 11.8 Å². The van der Waals surface area contributed by atoms with Gasteiger partial charge < -0.3 is 10.1 Å². The smallest absolute Gasteiger partial charge is 0.0717 e. The third kappa shape index (κ3) is 3.87. The largest absolute Gasteiger partial charge is 0.376 e. The summed E-state index contributed by atoms with van der Waals surface area (Å²) in [6.45, 7) is 1.60. The Hall–Kier alpha value is -1.30. The first-order valence-electron chi connectivity index (χ1n) is 8.19. The van der Waals surface area contributed by atoms with E-state index in [0.717, 1.165) is 19.1 Å². The third-order valence-electron chi connectivity index (χ3n) is 4.92. The van der Waals surface area contributed by atoms with Crippen molar-refractivity contribution < 1.29 is 4.74 Å². The number of terminal acetylenes is 1. The molecule has 3 rings (SSSR count). The zero-order valence-electron chi connectivity index (χ0n) is 12.6. The zero-order valence-corrected chi connectivity index (χ0v) is 12.6. The van der Waals surface area contributed by atoms with E-state index in [4.69, 9.17) is 11.2 Å². The van der Waals surface area contributed by atoms with Gasteiger partial charge in [-0.1, -0.05) is 42.7 Å². The molecule has 1 N–H and O–H groups in total. The van der Waals surface area contributed by atoms with Crippen LogP contribution in [0.5, 0.6) is 0 Å². The van der Waals surface area contributed by atoms with Crippen molar-refractivity contribution in [1.82, 2.24) is 5.32 Å². The first kappa shape index (κ1) is 14.6. The molecule has 0 heterocycles. The zero-order chi connectivity index (χ0) is 14.5. The summed E-state index contributed by atoms with van der Waals surface area (Å²) in [5.41, 5.74) is 1.25. The lowest BCUT2D eigenvalue weighted by Crippen LogP contribution is -2.50. The highest BCUT2D eigenvalue weighted by Gasteiger charge is 2.33. The minimum Gasteiger partial charge on any atom is -0.376 e. The normalized spacial score (nSPS) is 26.4. The lowest BCUT2D eigenvalue weighted by molar-refractivity contribution is 0.0414. The molecule has 0 amide bonds. The van der Waals surface area contributed by atoms with Gasteiger partial charge in [-0.3, -0.25) is 0 Å². The Labute approximate surface area is 128 Å². The molecular formula is C19H25NO. The van der Waals surface area contributed by atoms with E-state index < -0.39 is 0 Å². The van der Waals surface area contributed by atoms with E-state index in [1.165, 1.54) is 37.7 Å². The molecule has 2 nitrogen and oxygen atoms in total. The lowest BCUT2D eigenvalue weighted by atomic mass is 9.76. The summed E-state index contributed by atoms with van der Waals surface area (Å²) in [7, 11) is 0. The molecule has 21 heavy (non-hydrogen) atoms. The van der Waals surface area contributed by atoms with Crippen LogP contribution in [-0.4, -0.2) is 18.7 Å². The molecule has 1 aromatic rings. The maximum absolute atomic E-state index is 5.81. The van der Waals surface area contributed by atoms with Crippen molar-refractivity contribution in [3.63, 3.8) is 0 Å². The molecule has 112 valence electrons. The second-order valence-corrected chi connectivity index (χ2v) is 6.54. The maximum atomic E-state index is 5.81. The monoisotopic (exact) mass is 283 g/mol. The Balaban J connectivity index is 1.30. The predicted molar refractivity (Wildman–Crippen MR) is 85.7 cm³/mol. The van der Waals surface area contributed by atoms with Crippen LogP contribution in [0.2, 0.25) is 0 Å². The minimum atomic E-state index is 0.301. The first-order valence-corrected chi connectivity index (χ1v) is 8.19. The summed E-state index contributed by atoms with van der Waals surface area (Å²) < 4.78 is 5.81. The molecule has 0 aromatic heterocycles. The van der Waals surface area contributed by atoms with Gasteiger partial charge in [-0.05, 0) is 43.1 Å². The van der Waals surface area contributed by atoms with E-state index in [-0.39, 0.29) is 0 Å². The molecule has 0 spiro atoms. The Kier molecular flexibility index (Phi) is 4.95. The van der Waals surface area contributed by atoms with Gasteiger partial charge in [-0.15, -0.1) is 6.42 Å².